The Morgan fingerprint density at radius 2 is 0.796 bits per heavy atom. The minimum atomic E-state index is 1.11. The van der Waals surface area contributed by atoms with Crippen LogP contribution in [0.4, 0.5) is 17.1 Å². The topological polar surface area (TPSA) is 3.24 Å². The maximum Gasteiger partial charge on any atom is 0.0540 e. The van der Waals surface area contributed by atoms with Crippen LogP contribution in [-0.4, -0.2) is 0 Å². The third-order valence-electron chi connectivity index (χ3n) is 10.5. The van der Waals surface area contributed by atoms with Gasteiger partial charge in [-0.1, -0.05) is 164 Å². The second-order valence-corrected chi connectivity index (χ2v) is 14.8. The van der Waals surface area contributed by atoms with Gasteiger partial charge in [0.1, 0.15) is 0 Å². The van der Waals surface area contributed by atoms with Crippen molar-refractivity contribution in [3.8, 4) is 44.5 Å². The number of hydrogen-bond donors (Lipinski definition) is 0. The lowest BCUT2D eigenvalue weighted by Gasteiger charge is -2.27. The van der Waals surface area contributed by atoms with E-state index >= 15 is 0 Å². The smallest absolute Gasteiger partial charge is 0.0540 e. The molecule has 1 nitrogen and oxygen atoms in total. The molecule has 9 aromatic carbocycles. The second kappa shape index (κ2) is 13.7. The molecule has 1 aromatic heterocycles. The molecule has 0 saturated carbocycles. The first-order valence-electron chi connectivity index (χ1n) is 18.4. The van der Waals surface area contributed by atoms with Crippen molar-refractivity contribution in [2.24, 2.45) is 0 Å². The van der Waals surface area contributed by atoms with E-state index in [0.29, 0.717) is 0 Å². The van der Waals surface area contributed by atoms with Crippen molar-refractivity contribution in [1.29, 1.82) is 0 Å². The highest BCUT2D eigenvalue weighted by Crippen LogP contribution is 2.44. The van der Waals surface area contributed by atoms with Crippen LogP contribution in [0, 0.1) is 0 Å². The third-order valence-corrected chi connectivity index (χ3v) is 11.7. The van der Waals surface area contributed by atoms with E-state index < -0.39 is 0 Å². The van der Waals surface area contributed by atoms with Crippen LogP contribution >= 0.6 is 11.3 Å². The zero-order valence-electron chi connectivity index (χ0n) is 29.6. The molecular weight excluding hydrogens is 671 g/mol. The van der Waals surface area contributed by atoms with Gasteiger partial charge in [0, 0.05) is 42.5 Å². The van der Waals surface area contributed by atoms with Gasteiger partial charge in [0.05, 0.1) is 5.69 Å². The Kier molecular flexibility index (Phi) is 8.09. The Bertz CT molecular complexity index is 2880. The highest BCUT2D eigenvalue weighted by atomic mass is 32.1. The molecule has 54 heavy (non-hydrogen) atoms. The standard InChI is InChI=1S/C52H35NS/c1-3-12-36(13-4-1)38-26-30-44(31-27-38)53(50-20-11-17-41-16-7-8-18-46(41)50)45-32-28-39(29-33-45)37-22-24-40(25-23-37)43-34-48(42-14-5-2-6-15-42)52-49(35-43)47-19-9-10-21-51(47)54-52/h1-35H. The predicted molar refractivity (Wildman–Crippen MR) is 233 cm³/mol. The summed E-state index contributed by atoms with van der Waals surface area (Å²) in [4.78, 5) is 2.37. The SMILES string of the molecule is c1ccc(-c2ccc(N(c3ccc(-c4ccc(-c5cc(-c6ccccc6)c6sc7ccccc7c6c5)cc4)cc3)c3cccc4ccccc34)cc2)cc1. The number of anilines is 3. The average molecular weight is 706 g/mol. The number of thiophene rings is 1. The number of nitrogens with zero attached hydrogens (tertiary/aromatic N) is 1. The molecule has 0 N–H and O–H groups in total. The molecule has 0 bridgehead atoms. The Balaban J connectivity index is 1.01. The highest BCUT2D eigenvalue weighted by molar-refractivity contribution is 7.26. The lowest BCUT2D eigenvalue weighted by molar-refractivity contribution is 1.30. The summed E-state index contributed by atoms with van der Waals surface area (Å²) in [5, 5.41) is 5.07. The van der Waals surface area contributed by atoms with Gasteiger partial charge in [-0.05, 0) is 92.9 Å². The summed E-state index contributed by atoms with van der Waals surface area (Å²) in [5.74, 6) is 0. The summed E-state index contributed by atoms with van der Waals surface area (Å²) >= 11 is 1.88. The van der Waals surface area contributed by atoms with Crippen LogP contribution in [0.3, 0.4) is 0 Å². The minimum Gasteiger partial charge on any atom is -0.310 e. The van der Waals surface area contributed by atoms with Gasteiger partial charge < -0.3 is 4.90 Å². The normalized spacial score (nSPS) is 11.3. The monoisotopic (exact) mass is 705 g/mol. The summed E-state index contributed by atoms with van der Waals surface area (Å²) in [6.45, 7) is 0. The Morgan fingerprint density at radius 3 is 1.44 bits per heavy atom. The van der Waals surface area contributed by atoms with Gasteiger partial charge >= 0.3 is 0 Å². The van der Waals surface area contributed by atoms with E-state index in [0.717, 1.165) is 17.1 Å². The van der Waals surface area contributed by atoms with E-state index in [4.69, 9.17) is 0 Å². The molecule has 0 aliphatic heterocycles. The number of hydrogen-bond acceptors (Lipinski definition) is 2. The molecule has 0 spiro atoms. The average Bonchev–Trinajstić information content (AvgIpc) is 3.63. The molecule has 2 heteroatoms. The zero-order chi connectivity index (χ0) is 35.8. The van der Waals surface area contributed by atoms with E-state index in [1.54, 1.807) is 0 Å². The summed E-state index contributed by atoms with van der Waals surface area (Å²) in [5.41, 5.74) is 13.2. The number of benzene rings is 9. The Morgan fingerprint density at radius 1 is 0.315 bits per heavy atom. The fourth-order valence-electron chi connectivity index (χ4n) is 7.75. The molecule has 0 aliphatic carbocycles. The van der Waals surface area contributed by atoms with Crippen LogP contribution in [0.15, 0.2) is 212 Å². The van der Waals surface area contributed by atoms with E-state index in [1.807, 2.05) is 11.3 Å². The van der Waals surface area contributed by atoms with Crippen LogP contribution in [0.5, 0.6) is 0 Å². The Labute approximate surface area is 319 Å². The van der Waals surface area contributed by atoms with Crippen molar-refractivity contribution in [3.05, 3.63) is 212 Å². The van der Waals surface area contributed by atoms with Gasteiger partial charge in [-0.25, -0.2) is 0 Å². The maximum absolute atomic E-state index is 2.37. The van der Waals surface area contributed by atoms with E-state index in [2.05, 4.69) is 217 Å². The lowest BCUT2D eigenvalue weighted by Crippen LogP contribution is -2.10. The molecular formula is C52H35NS. The van der Waals surface area contributed by atoms with Gasteiger partial charge in [-0.2, -0.15) is 0 Å². The molecule has 0 amide bonds. The van der Waals surface area contributed by atoms with E-state index in [9.17, 15) is 0 Å². The zero-order valence-corrected chi connectivity index (χ0v) is 30.4. The number of fused-ring (bicyclic) bond motifs is 4. The van der Waals surface area contributed by atoms with Gasteiger partial charge in [-0.3, -0.25) is 0 Å². The quantitative estimate of drug-likeness (QED) is 0.160. The molecule has 254 valence electrons. The van der Waals surface area contributed by atoms with Gasteiger partial charge in [0.15, 0.2) is 0 Å². The summed E-state index contributed by atoms with van der Waals surface area (Å²) in [7, 11) is 0. The highest BCUT2D eigenvalue weighted by Gasteiger charge is 2.17. The molecule has 10 rings (SSSR count). The first kappa shape index (κ1) is 32.0. The summed E-state index contributed by atoms with van der Waals surface area (Å²) in [6, 6.07) is 77.0. The van der Waals surface area contributed by atoms with Crippen LogP contribution < -0.4 is 4.90 Å². The van der Waals surface area contributed by atoms with Crippen molar-refractivity contribution in [1.82, 2.24) is 0 Å². The molecule has 1 heterocycles. The van der Waals surface area contributed by atoms with Gasteiger partial charge in [-0.15, -0.1) is 11.3 Å². The number of rotatable bonds is 7. The minimum absolute atomic E-state index is 1.11. The lowest BCUT2D eigenvalue weighted by atomic mass is 9.95. The second-order valence-electron chi connectivity index (χ2n) is 13.7. The Hall–Kier alpha value is -6.74. The predicted octanol–water partition coefficient (Wildman–Crippen LogP) is 15.3. The molecule has 0 atom stereocenters. The van der Waals surface area contributed by atoms with Crippen LogP contribution in [-0.2, 0) is 0 Å². The molecule has 10 aromatic rings. The van der Waals surface area contributed by atoms with E-state index in [1.165, 1.54) is 75.5 Å². The molecule has 0 radical (unpaired) electrons. The molecule has 0 saturated heterocycles. The third kappa shape index (κ3) is 5.84. The molecule has 0 fully saturated rings. The summed E-state index contributed by atoms with van der Waals surface area (Å²) in [6.07, 6.45) is 0. The van der Waals surface area contributed by atoms with E-state index in [-0.39, 0.29) is 0 Å². The fourth-order valence-corrected chi connectivity index (χ4v) is 8.97. The van der Waals surface area contributed by atoms with Gasteiger partial charge in [0.2, 0.25) is 0 Å². The van der Waals surface area contributed by atoms with Crippen molar-refractivity contribution in [2.75, 3.05) is 4.90 Å². The summed E-state index contributed by atoms with van der Waals surface area (Å²) < 4.78 is 2.66. The maximum atomic E-state index is 2.37. The van der Waals surface area contributed by atoms with Crippen molar-refractivity contribution >= 4 is 59.3 Å². The van der Waals surface area contributed by atoms with Crippen molar-refractivity contribution in [2.45, 2.75) is 0 Å². The van der Waals surface area contributed by atoms with Crippen molar-refractivity contribution in [3.63, 3.8) is 0 Å². The first-order chi connectivity index (χ1) is 26.8. The van der Waals surface area contributed by atoms with Crippen LogP contribution in [0.1, 0.15) is 0 Å². The van der Waals surface area contributed by atoms with Gasteiger partial charge in [0.25, 0.3) is 0 Å². The largest absolute Gasteiger partial charge is 0.310 e. The molecule has 0 unspecified atom stereocenters. The van der Waals surface area contributed by atoms with Crippen molar-refractivity contribution < 1.29 is 0 Å². The first-order valence-corrected chi connectivity index (χ1v) is 19.2. The van der Waals surface area contributed by atoms with Crippen LogP contribution in [0.2, 0.25) is 0 Å². The fraction of sp³-hybridized carbons (Fsp3) is 0. The van der Waals surface area contributed by atoms with Crippen LogP contribution in [0.25, 0.3) is 75.5 Å². The molecule has 0 aliphatic rings.